The van der Waals surface area contributed by atoms with Crippen molar-refractivity contribution in [3.05, 3.63) is 18.2 Å². The maximum atomic E-state index is 12.3. The minimum atomic E-state index is -0.299. The Balaban J connectivity index is 1.90. The maximum absolute atomic E-state index is 12.3. The molecule has 1 unspecified atom stereocenters. The van der Waals surface area contributed by atoms with Gasteiger partial charge < -0.3 is 20.1 Å². The average Bonchev–Trinajstić information content (AvgIpc) is 2.56. The van der Waals surface area contributed by atoms with Gasteiger partial charge in [0.25, 0.3) is 0 Å². The SMILES string of the molecule is COc1ccc(NC(C)C(=O)NC2CCC(C)CC2)cc1OC. The van der Waals surface area contributed by atoms with E-state index >= 15 is 0 Å². The van der Waals surface area contributed by atoms with Crippen LogP contribution in [0.1, 0.15) is 39.5 Å². The second-order valence-electron chi connectivity index (χ2n) is 6.40. The zero-order chi connectivity index (χ0) is 16.8. The number of hydrogen-bond acceptors (Lipinski definition) is 4. The molecule has 1 aromatic rings. The lowest BCUT2D eigenvalue weighted by molar-refractivity contribution is -0.122. The third-order valence-electron chi connectivity index (χ3n) is 4.52. The average molecular weight is 320 g/mol. The Bertz CT molecular complexity index is 525. The van der Waals surface area contributed by atoms with Gasteiger partial charge in [0.15, 0.2) is 11.5 Å². The predicted octanol–water partition coefficient (Wildman–Crippen LogP) is 3.20. The number of amides is 1. The van der Waals surface area contributed by atoms with Crippen LogP contribution >= 0.6 is 0 Å². The molecular weight excluding hydrogens is 292 g/mol. The fourth-order valence-electron chi connectivity index (χ4n) is 2.97. The smallest absolute Gasteiger partial charge is 0.242 e. The molecule has 1 amide bonds. The zero-order valence-electron chi connectivity index (χ0n) is 14.5. The topological polar surface area (TPSA) is 59.6 Å². The van der Waals surface area contributed by atoms with Gasteiger partial charge in [0.1, 0.15) is 6.04 Å². The lowest BCUT2D eigenvalue weighted by Gasteiger charge is -2.28. The highest BCUT2D eigenvalue weighted by Gasteiger charge is 2.22. The van der Waals surface area contributed by atoms with Crippen molar-refractivity contribution in [2.75, 3.05) is 19.5 Å². The van der Waals surface area contributed by atoms with E-state index in [4.69, 9.17) is 9.47 Å². The number of ether oxygens (including phenoxy) is 2. The van der Waals surface area contributed by atoms with Gasteiger partial charge in [-0.15, -0.1) is 0 Å². The van der Waals surface area contributed by atoms with E-state index in [9.17, 15) is 4.79 Å². The summed E-state index contributed by atoms with van der Waals surface area (Å²) in [5.74, 6) is 2.14. The molecule has 0 spiro atoms. The second kappa shape index (κ2) is 8.09. The Hall–Kier alpha value is -1.91. The minimum Gasteiger partial charge on any atom is -0.493 e. The van der Waals surface area contributed by atoms with Crippen molar-refractivity contribution in [2.45, 2.75) is 51.6 Å². The standard InChI is InChI=1S/C18H28N2O3/c1-12-5-7-14(8-6-12)20-18(21)13(2)19-15-9-10-16(22-3)17(11-15)23-4/h9-14,19H,5-8H2,1-4H3,(H,20,21). The van der Waals surface area contributed by atoms with Crippen LogP contribution in [-0.2, 0) is 4.79 Å². The summed E-state index contributed by atoms with van der Waals surface area (Å²) in [5.41, 5.74) is 0.836. The van der Waals surface area contributed by atoms with E-state index in [1.165, 1.54) is 12.8 Å². The molecule has 0 bridgehead atoms. The predicted molar refractivity (Wildman–Crippen MR) is 92.2 cm³/mol. The van der Waals surface area contributed by atoms with Crippen molar-refractivity contribution < 1.29 is 14.3 Å². The highest BCUT2D eigenvalue weighted by atomic mass is 16.5. The summed E-state index contributed by atoms with van der Waals surface area (Å²) >= 11 is 0. The molecule has 1 aromatic carbocycles. The fourth-order valence-corrected chi connectivity index (χ4v) is 2.97. The van der Waals surface area contributed by atoms with E-state index in [2.05, 4.69) is 17.6 Å². The first-order chi connectivity index (χ1) is 11.0. The van der Waals surface area contributed by atoms with Crippen LogP contribution in [0, 0.1) is 5.92 Å². The van der Waals surface area contributed by atoms with Gasteiger partial charge in [0, 0.05) is 17.8 Å². The summed E-state index contributed by atoms with van der Waals surface area (Å²) in [5, 5.41) is 6.37. The van der Waals surface area contributed by atoms with Gasteiger partial charge in [-0.05, 0) is 50.7 Å². The van der Waals surface area contributed by atoms with Crippen LogP contribution in [-0.4, -0.2) is 32.2 Å². The van der Waals surface area contributed by atoms with Crippen molar-refractivity contribution in [3.8, 4) is 11.5 Å². The molecule has 0 heterocycles. The van der Waals surface area contributed by atoms with E-state index in [0.717, 1.165) is 24.4 Å². The number of benzene rings is 1. The van der Waals surface area contributed by atoms with Crippen LogP contribution in [0.15, 0.2) is 18.2 Å². The van der Waals surface area contributed by atoms with Crippen LogP contribution in [0.25, 0.3) is 0 Å². The van der Waals surface area contributed by atoms with Gasteiger partial charge in [-0.2, -0.15) is 0 Å². The molecule has 2 N–H and O–H groups in total. The van der Waals surface area contributed by atoms with Crippen LogP contribution < -0.4 is 20.1 Å². The Morgan fingerprint density at radius 2 is 1.78 bits per heavy atom. The molecule has 2 rings (SSSR count). The van der Waals surface area contributed by atoms with E-state index in [-0.39, 0.29) is 11.9 Å². The largest absolute Gasteiger partial charge is 0.493 e. The Labute approximate surface area is 138 Å². The number of methoxy groups -OCH3 is 2. The molecule has 0 aliphatic heterocycles. The quantitative estimate of drug-likeness (QED) is 0.845. The van der Waals surface area contributed by atoms with E-state index in [0.29, 0.717) is 17.5 Å². The molecule has 1 saturated carbocycles. The monoisotopic (exact) mass is 320 g/mol. The summed E-state index contributed by atoms with van der Waals surface area (Å²) in [7, 11) is 3.20. The molecule has 23 heavy (non-hydrogen) atoms. The van der Waals surface area contributed by atoms with Crippen molar-refractivity contribution in [3.63, 3.8) is 0 Å². The summed E-state index contributed by atoms with van der Waals surface area (Å²) in [6, 6.07) is 5.56. The van der Waals surface area contributed by atoms with Crippen molar-refractivity contribution >= 4 is 11.6 Å². The molecule has 5 nitrogen and oxygen atoms in total. The summed E-state index contributed by atoms with van der Waals surface area (Å²) < 4.78 is 10.5. The van der Waals surface area contributed by atoms with E-state index < -0.39 is 0 Å². The van der Waals surface area contributed by atoms with Gasteiger partial charge in [-0.25, -0.2) is 0 Å². The third-order valence-corrected chi connectivity index (χ3v) is 4.52. The number of anilines is 1. The highest BCUT2D eigenvalue weighted by Crippen LogP contribution is 2.30. The molecule has 0 radical (unpaired) electrons. The first-order valence-electron chi connectivity index (χ1n) is 8.32. The van der Waals surface area contributed by atoms with Gasteiger partial charge in [-0.1, -0.05) is 6.92 Å². The number of hydrogen-bond donors (Lipinski definition) is 2. The van der Waals surface area contributed by atoms with Gasteiger partial charge >= 0.3 is 0 Å². The molecule has 1 atom stereocenters. The zero-order valence-corrected chi connectivity index (χ0v) is 14.5. The van der Waals surface area contributed by atoms with Crippen LogP contribution in [0.2, 0.25) is 0 Å². The lowest BCUT2D eigenvalue weighted by atomic mass is 9.87. The fraction of sp³-hybridized carbons (Fsp3) is 0.611. The van der Waals surface area contributed by atoms with Gasteiger partial charge in [0.2, 0.25) is 5.91 Å². The molecule has 128 valence electrons. The first kappa shape index (κ1) is 17.4. The lowest BCUT2D eigenvalue weighted by Crippen LogP contribution is -2.44. The number of nitrogens with one attached hydrogen (secondary N) is 2. The normalized spacial score (nSPS) is 22.1. The number of carbonyl (C=O) groups is 1. The summed E-state index contributed by atoms with van der Waals surface area (Å²) in [4.78, 5) is 12.3. The highest BCUT2D eigenvalue weighted by molar-refractivity contribution is 5.84. The Kier molecular flexibility index (Phi) is 6.13. The van der Waals surface area contributed by atoms with Crippen LogP contribution in [0.5, 0.6) is 11.5 Å². The van der Waals surface area contributed by atoms with Crippen molar-refractivity contribution in [1.29, 1.82) is 0 Å². The van der Waals surface area contributed by atoms with Gasteiger partial charge in [0.05, 0.1) is 14.2 Å². The molecular formula is C18H28N2O3. The van der Waals surface area contributed by atoms with Crippen LogP contribution in [0.4, 0.5) is 5.69 Å². The summed E-state index contributed by atoms with van der Waals surface area (Å²) in [6.45, 7) is 4.15. The van der Waals surface area contributed by atoms with E-state index in [1.807, 2.05) is 25.1 Å². The molecule has 0 aromatic heterocycles. The third kappa shape index (κ3) is 4.78. The van der Waals surface area contributed by atoms with Gasteiger partial charge in [-0.3, -0.25) is 4.79 Å². The van der Waals surface area contributed by atoms with Crippen LogP contribution in [0.3, 0.4) is 0 Å². The summed E-state index contributed by atoms with van der Waals surface area (Å²) in [6.07, 6.45) is 4.55. The molecule has 1 aliphatic carbocycles. The maximum Gasteiger partial charge on any atom is 0.242 e. The van der Waals surface area contributed by atoms with Crippen molar-refractivity contribution in [1.82, 2.24) is 5.32 Å². The van der Waals surface area contributed by atoms with Crippen molar-refractivity contribution in [2.24, 2.45) is 5.92 Å². The number of carbonyl (C=O) groups excluding carboxylic acids is 1. The Morgan fingerprint density at radius 3 is 2.39 bits per heavy atom. The number of rotatable bonds is 6. The molecule has 1 aliphatic rings. The molecule has 1 fully saturated rings. The second-order valence-corrected chi connectivity index (χ2v) is 6.40. The minimum absolute atomic E-state index is 0.0411. The molecule has 0 saturated heterocycles. The molecule has 5 heteroatoms. The van der Waals surface area contributed by atoms with E-state index in [1.54, 1.807) is 14.2 Å². The first-order valence-corrected chi connectivity index (χ1v) is 8.32. The Morgan fingerprint density at radius 1 is 1.13 bits per heavy atom.